The Morgan fingerprint density at radius 2 is 0.907 bits per heavy atom. The van der Waals surface area contributed by atoms with Crippen LogP contribution in [0.1, 0.15) is 153 Å². The number of benzene rings is 4. The lowest BCUT2D eigenvalue weighted by atomic mass is 9.81. The number of ketones is 2. The van der Waals surface area contributed by atoms with Gasteiger partial charge in [-0.15, -0.1) is 0 Å². The van der Waals surface area contributed by atoms with E-state index in [9.17, 15) is 19.8 Å². The smallest absolute Gasteiger partial charge is 0.202 e. The Kier molecular flexibility index (Phi) is 14.2. The number of ether oxygens (including phenoxy) is 1. The van der Waals surface area contributed by atoms with Crippen LogP contribution in [-0.2, 0) is 25.7 Å². The molecule has 4 aromatic rings. The molecule has 54 heavy (non-hydrogen) atoms. The van der Waals surface area contributed by atoms with Crippen LogP contribution in [0.4, 0.5) is 27.1 Å². The molecule has 0 spiro atoms. The predicted molar refractivity (Wildman–Crippen MR) is 217 cm³/mol. The highest BCUT2D eigenvalue weighted by Crippen LogP contribution is 2.50. The third-order valence-electron chi connectivity index (χ3n) is 10.4. The minimum atomic E-state index is -0.921. The van der Waals surface area contributed by atoms with E-state index in [4.69, 9.17) is 4.74 Å². The second-order valence-electron chi connectivity index (χ2n) is 14.4. The van der Waals surface area contributed by atoms with Crippen LogP contribution in [0.2, 0.25) is 0 Å². The van der Waals surface area contributed by atoms with Gasteiger partial charge in [-0.2, -0.15) is 0 Å². The van der Waals surface area contributed by atoms with E-state index in [1.807, 2.05) is 13.0 Å². The van der Waals surface area contributed by atoms with E-state index in [-0.39, 0.29) is 34.9 Å². The molecule has 0 aromatic heterocycles. The molecule has 1 aliphatic carbocycles. The van der Waals surface area contributed by atoms with Crippen molar-refractivity contribution in [3.05, 3.63) is 98.9 Å². The van der Waals surface area contributed by atoms with Gasteiger partial charge in [0.05, 0.1) is 28.9 Å². The number of nitrogens with one attached hydrogen (secondary N) is 2. The Morgan fingerprint density at radius 3 is 1.31 bits per heavy atom. The van der Waals surface area contributed by atoms with Gasteiger partial charge in [-0.3, -0.25) is 9.59 Å². The summed E-state index contributed by atoms with van der Waals surface area (Å²) >= 11 is 0. The molecule has 4 N–H and O–H groups in total. The van der Waals surface area contributed by atoms with Gasteiger partial charge < -0.3 is 25.6 Å². The second-order valence-corrected chi connectivity index (χ2v) is 14.4. The van der Waals surface area contributed by atoms with E-state index < -0.39 is 40.0 Å². The number of aryl methyl sites for hydroxylation is 4. The van der Waals surface area contributed by atoms with Gasteiger partial charge in [0.15, 0.2) is 11.6 Å². The molecule has 0 atom stereocenters. The summed E-state index contributed by atoms with van der Waals surface area (Å²) in [5.41, 5.74) is 4.50. The standard InChI is InChI=1S/C46H57FN2O5/c1-6-11-18-29-22-16-23-30(19-12-7-2)40(29)48-42-39(47)37-38(45(53)36-34(51)27-26-33(50)35(36)44(37)52)46(54-28-15-10-5)43(42)49-41-31(20-13-8-3)24-17-25-32(41)21-14-9-4/h16-17,22-27,48-51H,6-15,18-21,28H2,1-5H3. The Hall–Kier alpha value is -4.85. The third kappa shape index (κ3) is 8.43. The van der Waals surface area contributed by atoms with Crippen LogP contribution >= 0.6 is 0 Å². The summed E-state index contributed by atoms with van der Waals surface area (Å²) in [6, 6.07) is 14.7. The topological polar surface area (TPSA) is 108 Å². The summed E-state index contributed by atoms with van der Waals surface area (Å²) in [5.74, 6) is -3.53. The monoisotopic (exact) mass is 736 g/mol. The molecule has 4 aromatic carbocycles. The van der Waals surface area contributed by atoms with E-state index in [0.29, 0.717) is 6.42 Å². The van der Waals surface area contributed by atoms with Gasteiger partial charge in [0, 0.05) is 11.4 Å². The highest BCUT2D eigenvalue weighted by molar-refractivity contribution is 6.32. The van der Waals surface area contributed by atoms with Gasteiger partial charge in [-0.05, 0) is 92.2 Å². The van der Waals surface area contributed by atoms with E-state index in [1.165, 1.54) is 6.07 Å². The Bertz CT molecular complexity index is 1920. The van der Waals surface area contributed by atoms with Crippen molar-refractivity contribution >= 4 is 34.3 Å². The zero-order chi connectivity index (χ0) is 38.8. The zero-order valence-electron chi connectivity index (χ0n) is 32.7. The summed E-state index contributed by atoms with van der Waals surface area (Å²) < 4.78 is 24.4. The number of anilines is 4. The number of rotatable bonds is 20. The van der Waals surface area contributed by atoms with Crippen molar-refractivity contribution in [1.82, 2.24) is 0 Å². The van der Waals surface area contributed by atoms with Crippen molar-refractivity contribution < 1.29 is 28.9 Å². The molecule has 0 radical (unpaired) electrons. The van der Waals surface area contributed by atoms with E-state index >= 15 is 4.39 Å². The van der Waals surface area contributed by atoms with Crippen molar-refractivity contribution in [2.75, 3.05) is 17.2 Å². The SMILES string of the molecule is CCCCOc1c(Nc2c(CCCC)cccc2CCCC)c(Nc2c(CCCC)cccc2CCCC)c(F)c2c1C(=O)c1c(O)ccc(O)c1C2=O. The number of phenolic OH excluding ortho intramolecular Hbond substituents is 2. The van der Waals surface area contributed by atoms with Crippen molar-refractivity contribution in [2.45, 2.75) is 125 Å². The highest BCUT2D eigenvalue weighted by atomic mass is 19.1. The van der Waals surface area contributed by atoms with Gasteiger partial charge in [0.1, 0.15) is 22.9 Å². The van der Waals surface area contributed by atoms with Crippen LogP contribution in [0.3, 0.4) is 0 Å². The molecule has 0 aliphatic heterocycles. The number of para-hydroxylation sites is 2. The van der Waals surface area contributed by atoms with Crippen LogP contribution in [0, 0.1) is 5.82 Å². The van der Waals surface area contributed by atoms with Gasteiger partial charge >= 0.3 is 0 Å². The number of hydrogen-bond donors (Lipinski definition) is 4. The fourth-order valence-electron chi connectivity index (χ4n) is 7.30. The Labute approximate surface area is 320 Å². The first-order chi connectivity index (χ1) is 26.2. The quantitative estimate of drug-likeness (QED) is 0.0465. The van der Waals surface area contributed by atoms with E-state index in [0.717, 1.165) is 123 Å². The lowest BCUT2D eigenvalue weighted by molar-refractivity contribution is 0.0967. The van der Waals surface area contributed by atoms with Crippen LogP contribution in [0.5, 0.6) is 17.2 Å². The normalized spacial score (nSPS) is 12.1. The van der Waals surface area contributed by atoms with Crippen LogP contribution in [0.25, 0.3) is 0 Å². The Morgan fingerprint density at radius 1 is 0.519 bits per heavy atom. The third-order valence-corrected chi connectivity index (χ3v) is 10.4. The summed E-state index contributed by atoms with van der Waals surface area (Å²) in [6.45, 7) is 10.8. The first-order valence-electron chi connectivity index (χ1n) is 20.1. The average molecular weight is 737 g/mol. The Balaban J connectivity index is 1.88. The molecule has 288 valence electrons. The zero-order valence-corrected chi connectivity index (χ0v) is 32.7. The molecule has 7 nitrogen and oxygen atoms in total. The second kappa shape index (κ2) is 19.0. The minimum Gasteiger partial charge on any atom is -0.507 e. The van der Waals surface area contributed by atoms with Gasteiger partial charge in [-0.1, -0.05) is 103 Å². The average Bonchev–Trinajstić information content (AvgIpc) is 3.17. The number of carbonyl (C=O) groups is 2. The molecular formula is C46H57FN2O5. The summed E-state index contributed by atoms with van der Waals surface area (Å²) in [6.07, 6.45) is 12.3. The molecule has 0 saturated carbocycles. The highest BCUT2D eigenvalue weighted by Gasteiger charge is 2.42. The van der Waals surface area contributed by atoms with Crippen LogP contribution in [0.15, 0.2) is 48.5 Å². The van der Waals surface area contributed by atoms with Crippen LogP contribution in [-0.4, -0.2) is 28.4 Å². The molecule has 0 bridgehead atoms. The van der Waals surface area contributed by atoms with Crippen molar-refractivity contribution in [3.8, 4) is 17.2 Å². The van der Waals surface area contributed by atoms with E-state index in [2.05, 4.69) is 68.7 Å². The largest absolute Gasteiger partial charge is 0.507 e. The van der Waals surface area contributed by atoms with Crippen molar-refractivity contribution in [3.63, 3.8) is 0 Å². The lowest BCUT2D eigenvalue weighted by Crippen LogP contribution is -2.25. The van der Waals surface area contributed by atoms with Gasteiger partial charge in [0.2, 0.25) is 11.6 Å². The molecule has 0 saturated heterocycles. The lowest BCUT2D eigenvalue weighted by Gasteiger charge is -2.29. The number of unbranched alkanes of at least 4 members (excludes halogenated alkanes) is 5. The molecule has 8 heteroatoms. The molecule has 5 rings (SSSR count). The summed E-state index contributed by atoms with van der Waals surface area (Å²) in [7, 11) is 0. The molecule has 0 amide bonds. The number of fused-ring (bicyclic) bond motifs is 2. The number of hydrogen-bond acceptors (Lipinski definition) is 7. The summed E-state index contributed by atoms with van der Waals surface area (Å²) in [5, 5.41) is 28.9. The van der Waals surface area contributed by atoms with Gasteiger partial charge in [0.25, 0.3) is 0 Å². The molecule has 1 aliphatic rings. The minimum absolute atomic E-state index is 0.00192. The van der Waals surface area contributed by atoms with Crippen molar-refractivity contribution in [1.29, 1.82) is 0 Å². The maximum absolute atomic E-state index is 17.8. The number of carbonyl (C=O) groups excluding carboxylic acids is 2. The molecule has 0 heterocycles. The predicted octanol–water partition coefficient (Wildman–Crippen LogP) is 12.0. The fourth-order valence-corrected chi connectivity index (χ4v) is 7.30. The molecule has 0 fully saturated rings. The first kappa shape index (κ1) is 40.3. The van der Waals surface area contributed by atoms with Gasteiger partial charge in [-0.25, -0.2) is 4.39 Å². The molecular weight excluding hydrogens is 680 g/mol. The van der Waals surface area contributed by atoms with Crippen molar-refractivity contribution in [2.24, 2.45) is 0 Å². The number of halogens is 1. The maximum Gasteiger partial charge on any atom is 0.202 e. The van der Waals surface area contributed by atoms with Crippen LogP contribution < -0.4 is 15.4 Å². The maximum atomic E-state index is 17.8. The number of phenols is 2. The fraction of sp³-hybridized carbons (Fsp3) is 0.435. The molecule has 0 unspecified atom stereocenters. The van der Waals surface area contributed by atoms with E-state index in [1.54, 1.807) is 0 Å². The summed E-state index contributed by atoms with van der Waals surface area (Å²) in [4.78, 5) is 28.9. The number of aromatic hydroxyl groups is 2. The first-order valence-corrected chi connectivity index (χ1v) is 20.1.